The van der Waals surface area contributed by atoms with Crippen molar-refractivity contribution in [1.29, 1.82) is 5.26 Å². The molecule has 2 rings (SSSR count). The summed E-state index contributed by atoms with van der Waals surface area (Å²) in [6, 6.07) is 3.44. The lowest BCUT2D eigenvalue weighted by atomic mass is 10.1. The molecule has 9 heteroatoms. The Morgan fingerprint density at radius 2 is 2.00 bits per heavy atom. The Hall–Kier alpha value is -2.60. The fraction of sp³-hybridized carbons (Fsp3) is 0.286. The first-order chi connectivity index (χ1) is 10.8. The summed E-state index contributed by atoms with van der Waals surface area (Å²) < 4.78 is 53.2. The van der Waals surface area contributed by atoms with Gasteiger partial charge in [-0.15, -0.1) is 0 Å². The van der Waals surface area contributed by atoms with Crippen molar-refractivity contribution in [3.05, 3.63) is 41.0 Å². The maximum Gasteiger partial charge on any atom is 0.435 e. The number of nitrogens with zero attached hydrogens (tertiary/aromatic N) is 3. The number of aryl methyl sites for hydroxylation is 1. The fourth-order valence-electron chi connectivity index (χ4n) is 2.05. The number of benzene rings is 1. The van der Waals surface area contributed by atoms with Crippen molar-refractivity contribution < 1.29 is 27.8 Å². The average Bonchev–Trinajstić information content (AvgIpc) is 2.91. The summed E-state index contributed by atoms with van der Waals surface area (Å²) in [5.74, 6) is -2.05. The summed E-state index contributed by atoms with van der Waals surface area (Å²) in [4.78, 5) is 0. The third-order valence-electron chi connectivity index (χ3n) is 3.08. The lowest BCUT2D eigenvalue weighted by Crippen LogP contribution is -2.10. The number of aromatic hydroxyl groups is 1. The van der Waals surface area contributed by atoms with E-state index in [0.717, 1.165) is 18.3 Å². The van der Waals surface area contributed by atoms with Crippen molar-refractivity contribution in [3.63, 3.8) is 0 Å². The molecule has 0 amide bonds. The van der Waals surface area contributed by atoms with Crippen molar-refractivity contribution in [1.82, 2.24) is 9.78 Å². The molecular formula is C14H11F4N3O2. The van der Waals surface area contributed by atoms with E-state index < -0.39 is 23.4 Å². The molecule has 1 aromatic heterocycles. The van der Waals surface area contributed by atoms with Gasteiger partial charge >= 0.3 is 6.18 Å². The minimum atomic E-state index is -4.74. The molecule has 23 heavy (non-hydrogen) atoms. The van der Waals surface area contributed by atoms with Gasteiger partial charge in [-0.25, -0.2) is 9.07 Å². The highest BCUT2D eigenvalue weighted by atomic mass is 19.4. The van der Waals surface area contributed by atoms with E-state index in [4.69, 9.17) is 10.4 Å². The third-order valence-corrected chi connectivity index (χ3v) is 3.08. The Balaban J connectivity index is 2.59. The molecule has 0 unspecified atom stereocenters. The van der Waals surface area contributed by atoms with Crippen molar-refractivity contribution in [2.75, 3.05) is 6.61 Å². The van der Waals surface area contributed by atoms with Crippen LogP contribution in [-0.2, 0) is 12.6 Å². The molecule has 1 aromatic carbocycles. The largest absolute Gasteiger partial charge is 0.503 e. The van der Waals surface area contributed by atoms with Gasteiger partial charge in [0.15, 0.2) is 17.3 Å². The number of phenolic OH excluding ortho intramolecular Hbond substituents is 1. The Labute approximate surface area is 128 Å². The van der Waals surface area contributed by atoms with Gasteiger partial charge in [-0.3, -0.25) is 0 Å². The van der Waals surface area contributed by atoms with E-state index in [-0.39, 0.29) is 36.3 Å². The molecule has 0 atom stereocenters. The number of rotatable bonds is 4. The summed E-state index contributed by atoms with van der Waals surface area (Å²) in [6.45, 7) is -0.299. The zero-order valence-corrected chi connectivity index (χ0v) is 11.6. The van der Waals surface area contributed by atoms with Gasteiger partial charge in [-0.1, -0.05) is 0 Å². The number of alkyl halides is 3. The normalized spacial score (nSPS) is 11.5. The highest BCUT2D eigenvalue weighted by Gasteiger charge is 2.37. The molecule has 0 aliphatic carbocycles. The monoisotopic (exact) mass is 329 g/mol. The summed E-state index contributed by atoms with van der Waals surface area (Å²) in [7, 11) is 0. The van der Waals surface area contributed by atoms with Crippen molar-refractivity contribution in [3.8, 4) is 17.5 Å². The summed E-state index contributed by atoms with van der Waals surface area (Å²) in [5, 5.41) is 30.6. The highest BCUT2D eigenvalue weighted by Crippen LogP contribution is 2.34. The van der Waals surface area contributed by atoms with Crippen LogP contribution in [0.25, 0.3) is 5.69 Å². The predicted octanol–water partition coefficient (Wildman–Crippen LogP) is 2.53. The van der Waals surface area contributed by atoms with E-state index >= 15 is 0 Å². The number of hydrogen-bond donors (Lipinski definition) is 2. The number of halogens is 4. The number of nitriles is 1. The van der Waals surface area contributed by atoms with Crippen molar-refractivity contribution in [2.24, 2.45) is 0 Å². The quantitative estimate of drug-likeness (QED) is 0.845. The lowest BCUT2D eigenvalue weighted by molar-refractivity contribution is -0.142. The zero-order valence-electron chi connectivity index (χ0n) is 11.6. The van der Waals surface area contributed by atoms with Crippen LogP contribution in [0.3, 0.4) is 0 Å². The van der Waals surface area contributed by atoms with Crippen LogP contribution in [0.15, 0.2) is 18.3 Å². The van der Waals surface area contributed by atoms with Crippen LogP contribution in [-0.4, -0.2) is 26.6 Å². The van der Waals surface area contributed by atoms with Crippen LogP contribution in [0, 0.1) is 17.1 Å². The number of hydrogen-bond acceptors (Lipinski definition) is 4. The molecule has 1 heterocycles. The molecule has 2 aromatic rings. The average molecular weight is 329 g/mol. The molecule has 2 N–H and O–H groups in total. The second kappa shape index (κ2) is 6.26. The standard InChI is InChI=1S/C14H11F4N3O2/c15-10-4-8(6-19)5-11(12(10)23)21-7-9(2-1-3-22)13(20-21)14(16,17)18/h4-5,7,22-23H,1-3H2. The molecule has 0 spiro atoms. The molecule has 122 valence electrons. The van der Waals surface area contributed by atoms with E-state index in [9.17, 15) is 22.7 Å². The number of phenols is 1. The van der Waals surface area contributed by atoms with Crippen molar-refractivity contribution >= 4 is 0 Å². The molecule has 0 saturated heterocycles. The first kappa shape index (κ1) is 16.8. The molecule has 0 bridgehead atoms. The van der Waals surface area contributed by atoms with Gasteiger partial charge in [-0.05, 0) is 25.0 Å². The Morgan fingerprint density at radius 1 is 1.30 bits per heavy atom. The molecule has 0 fully saturated rings. The van der Waals surface area contributed by atoms with E-state index in [0.29, 0.717) is 4.68 Å². The minimum Gasteiger partial charge on any atom is -0.503 e. The van der Waals surface area contributed by atoms with Gasteiger partial charge in [0.25, 0.3) is 0 Å². The second-order valence-corrected chi connectivity index (χ2v) is 4.71. The zero-order chi connectivity index (χ0) is 17.2. The maximum atomic E-state index is 13.6. The number of aliphatic hydroxyl groups excluding tert-OH is 1. The number of aromatic nitrogens is 2. The van der Waals surface area contributed by atoms with Gasteiger partial charge in [0, 0.05) is 18.4 Å². The van der Waals surface area contributed by atoms with Gasteiger partial charge in [0.05, 0.1) is 11.6 Å². The van der Waals surface area contributed by atoms with Crippen LogP contribution in [0.4, 0.5) is 17.6 Å². The molecule has 0 aliphatic heterocycles. The summed E-state index contributed by atoms with van der Waals surface area (Å²) in [6.07, 6.45) is -3.74. The molecule has 0 saturated carbocycles. The molecular weight excluding hydrogens is 318 g/mol. The van der Waals surface area contributed by atoms with E-state index in [1.807, 2.05) is 0 Å². The minimum absolute atomic E-state index is 0.0906. The van der Waals surface area contributed by atoms with E-state index in [1.54, 1.807) is 6.07 Å². The smallest absolute Gasteiger partial charge is 0.435 e. The first-order valence-electron chi connectivity index (χ1n) is 6.47. The van der Waals surface area contributed by atoms with Crippen LogP contribution in [0.2, 0.25) is 0 Å². The molecule has 5 nitrogen and oxygen atoms in total. The summed E-state index contributed by atoms with van der Waals surface area (Å²) in [5.41, 5.74) is -1.93. The Kier molecular flexibility index (Phi) is 4.56. The third kappa shape index (κ3) is 3.43. The lowest BCUT2D eigenvalue weighted by Gasteiger charge is -2.06. The predicted molar refractivity (Wildman–Crippen MR) is 70.3 cm³/mol. The topological polar surface area (TPSA) is 82.1 Å². The van der Waals surface area contributed by atoms with Crippen molar-refractivity contribution in [2.45, 2.75) is 19.0 Å². The Bertz CT molecular complexity index is 763. The SMILES string of the molecule is N#Cc1cc(F)c(O)c(-n2cc(CCCO)c(C(F)(F)F)n2)c1. The number of aliphatic hydroxyl groups is 1. The second-order valence-electron chi connectivity index (χ2n) is 4.71. The van der Waals surface area contributed by atoms with Gasteiger partial charge < -0.3 is 10.2 Å². The van der Waals surface area contributed by atoms with Crippen LogP contribution < -0.4 is 0 Å². The van der Waals surface area contributed by atoms with Crippen LogP contribution in [0.5, 0.6) is 5.75 Å². The Morgan fingerprint density at radius 3 is 2.57 bits per heavy atom. The summed E-state index contributed by atoms with van der Waals surface area (Å²) >= 11 is 0. The molecule has 0 radical (unpaired) electrons. The fourth-order valence-corrected chi connectivity index (χ4v) is 2.05. The molecule has 0 aliphatic rings. The van der Waals surface area contributed by atoms with Crippen LogP contribution in [0.1, 0.15) is 23.2 Å². The van der Waals surface area contributed by atoms with Crippen LogP contribution >= 0.6 is 0 Å². The first-order valence-corrected chi connectivity index (χ1v) is 6.47. The van der Waals surface area contributed by atoms with E-state index in [2.05, 4.69) is 5.10 Å². The van der Waals surface area contributed by atoms with Gasteiger partial charge in [-0.2, -0.15) is 23.5 Å². The van der Waals surface area contributed by atoms with Gasteiger partial charge in [0.1, 0.15) is 5.69 Å². The van der Waals surface area contributed by atoms with Gasteiger partial charge in [0.2, 0.25) is 0 Å². The maximum absolute atomic E-state index is 13.6. The highest BCUT2D eigenvalue weighted by molar-refractivity contribution is 5.52. The van der Waals surface area contributed by atoms with E-state index in [1.165, 1.54) is 0 Å².